The summed E-state index contributed by atoms with van der Waals surface area (Å²) in [6.07, 6.45) is 2.34. The fraction of sp³-hybridized carbons (Fsp3) is 0.368. The van der Waals surface area contributed by atoms with Gasteiger partial charge in [-0.05, 0) is 60.2 Å². The normalized spacial score (nSPS) is 20.6. The average molecular weight is 471 g/mol. The first-order chi connectivity index (χ1) is 11.9. The minimum absolute atomic E-state index is 0.0201. The van der Waals surface area contributed by atoms with Gasteiger partial charge in [0.25, 0.3) is 0 Å². The molecule has 2 atom stereocenters. The molecule has 0 bridgehead atoms. The Bertz CT molecular complexity index is 757. The Morgan fingerprint density at radius 2 is 1.88 bits per heavy atom. The summed E-state index contributed by atoms with van der Waals surface area (Å²) in [6.45, 7) is 5.95. The number of ether oxygens (including phenoxy) is 1. The highest BCUT2D eigenvalue weighted by atomic mass is 127. The number of aromatic nitrogens is 1. The van der Waals surface area contributed by atoms with Crippen LogP contribution in [0.5, 0.6) is 0 Å². The van der Waals surface area contributed by atoms with E-state index in [1.54, 1.807) is 12.3 Å². The first-order valence-electron chi connectivity index (χ1n) is 8.26. The molecular formula is C19H20ClIN2O2. The van der Waals surface area contributed by atoms with Crippen molar-refractivity contribution in [2.45, 2.75) is 32.5 Å². The minimum atomic E-state index is -0.0201. The topological polar surface area (TPSA) is 42.4 Å². The van der Waals surface area contributed by atoms with Gasteiger partial charge in [-0.3, -0.25) is 9.78 Å². The number of pyridine rings is 1. The highest BCUT2D eigenvalue weighted by molar-refractivity contribution is 14.1. The van der Waals surface area contributed by atoms with Crippen LogP contribution in [-0.4, -0.2) is 36.1 Å². The van der Waals surface area contributed by atoms with E-state index in [1.807, 2.05) is 12.1 Å². The number of anilines is 1. The largest absolute Gasteiger partial charge is 0.372 e. The molecule has 1 saturated heterocycles. The van der Waals surface area contributed by atoms with Crippen LogP contribution in [-0.2, 0) is 11.2 Å². The van der Waals surface area contributed by atoms with Crippen molar-refractivity contribution in [3.8, 4) is 0 Å². The Morgan fingerprint density at radius 3 is 2.52 bits per heavy atom. The molecule has 0 radical (unpaired) electrons. The summed E-state index contributed by atoms with van der Waals surface area (Å²) in [5, 5.41) is 0.560. The highest BCUT2D eigenvalue weighted by Crippen LogP contribution is 2.23. The van der Waals surface area contributed by atoms with Gasteiger partial charge in [0.15, 0.2) is 5.78 Å². The van der Waals surface area contributed by atoms with Crippen LogP contribution in [0.3, 0.4) is 0 Å². The van der Waals surface area contributed by atoms with Crippen molar-refractivity contribution in [3.63, 3.8) is 0 Å². The lowest BCUT2D eigenvalue weighted by Crippen LogP contribution is -2.45. The zero-order chi connectivity index (χ0) is 18.0. The quantitative estimate of drug-likeness (QED) is 0.491. The predicted octanol–water partition coefficient (Wildman–Crippen LogP) is 4.38. The second kappa shape index (κ2) is 8.01. The number of morpholine rings is 1. The van der Waals surface area contributed by atoms with Gasteiger partial charge in [-0.25, -0.2) is 0 Å². The highest BCUT2D eigenvalue weighted by Gasteiger charge is 2.22. The number of ketones is 1. The molecule has 0 spiro atoms. The van der Waals surface area contributed by atoms with Gasteiger partial charge in [-0.15, -0.1) is 0 Å². The first-order valence-corrected chi connectivity index (χ1v) is 9.72. The van der Waals surface area contributed by atoms with Crippen LogP contribution in [0.1, 0.15) is 29.9 Å². The molecule has 2 heterocycles. The molecule has 4 nitrogen and oxygen atoms in total. The molecule has 1 aliphatic rings. The van der Waals surface area contributed by atoms with Gasteiger partial charge in [-0.1, -0.05) is 23.7 Å². The molecule has 0 saturated carbocycles. The Kier molecular flexibility index (Phi) is 5.96. The fourth-order valence-electron chi connectivity index (χ4n) is 3.10. The number of halogens is 2. The van der Waals surface area contributed by atoms with Gasteiger partial charge in [0.2, 0.25) is 0 Å². The Morgan fingerprint density at radius 1 is 1.24 bits per heavy atom. The predicted molar refractivity (Wildman–Crippen MR) is 109 cm³/mol. The maximum absolute atomic E-state index is 12.5. The molecule has 0 amide bonds. The number of rotatable bonds is 4. The summed E-state index contributed by atoms with van der Waals surface area (Å²) in [5.41, 5.74) is 2.57. The lowest BCUT2D eigenvalue weighted by molar-refractivity contribution is -0.00521. The van der Waals surface area contributed by atoms with Gasteiger partial charge < -0.3 is 9.64 Å². The van der Waals surface area contributed by atoms with Crippen molar-refractivity contribution < 1.29 is 9.53 Å². The Labute approximate surface area is 166 Å². The number of benzene rings is 1. The smallest absolute Gasteiger partial charge is 0.186 e. The monoisotopic (exact) mass is 470 g/mol. The molecule has 2 aromatic rings. The zero-order valence-corrected chi connectivity index (χ0v) is 17.1. The maximum Gasteiger partial charge on any atom is 0.186 e. The van der Waals surface area contributed by atoms with Crippen molar-refractivity contribution in [1.82, 2.24) is 4.98 Å². The summed E-state index contributed by atoms with van der Waals surface area (Å²) in [6, 6.07) is 9.86. The van der Waals surface area contributed by atoms with Gasteiger partial charge in [0.1, 0.15) is 5.69 Å². The minimum Gasteiger partial charge on any atom is -0.372 e. The zero-order valence-electron chi connectivity index (χ0n) is 14.2. The standard InChI is InChI=1S/C19H20ClIN2O2/c1-12-10-23(11-13(2)25-12)15-5-3-14(4-6-15)9-17(24)19-18(21)16(20)7-8-22-19/h3-8,12-13H,9-11H2,1-2H3/t12-,13+. The summed E-state index contributed by atoms with van der Waals surface area (Å²) < 4.78 is 6.49. The van der Waals surface area contributed by atoms with E-state index in [1.165, 1.54) is 0 Å². The number of Topliss-reactive ketones (excluding diaryl/α,β-unsaturated/α-hetero) is 1. The van der Waals surface area contributed by atoms with E-state index in [0.29, 0.717) is 20.7 Å². The number of hydrogen-bond donors (Lipinski definition) is 0. The number of carbonyl (C=O) groups is 1. The molecule has 132 valence electrons. The average Bonchev–Trinajstić information content (AvgIpc) is 2.57. The van der Waals surface area contributed by atoms with Crippen molar-refractivity contribution in [3.05, 3.63) is 56.4 Å². The lowest BCUT2D eigenvalue weighted by Gasteiger charge is -2.36. The van der Waals surface area contributed by atoms with Crippen molar-refractivity contribution >= 4 is 45.7 Å². The van der Waals surface area contributed by atoms with Crippen LogP contribution in [0.4, 0.5) is 5.69 Å². The molecule has 3 rings (SSSR count). The van der Waals surface area contributed by atoms with E-state index in [9.17, 15) is 4.79 Å². The molecule has 0 unspecified atom stereocenters. The van der Waals surface area contributed by atoms with E-state index in [4.69, 9.17) is 16.3 Å². The van der Waals surface area contributed by atoms with Crippen LogP contribution < -0.4 is 4.90 Å². The summed E-state index contributed by atoms with van der Waals surface area (Å²) in [7, 11) is 0. The number of nitrogens with zero attached hydrogens (tertiary/aromatic N) is 2. The van der Waals surface area contributed by atoms with Gasteiger partial charge in [-0.2, -0.15) is 0 Å². The molecule has 1 aromatic heterocycles. The van der Waals surface area contributed by atoms with Crippen molar-refractivity contribution in [2.24, 2.45) is 0 Å². The van der Waals surface area contributed by atoms with E-state index >= 15 is 0 Å². The lowest BCUT2D eigenvalue weighted by atomic mass is 10.1. The first kappa shape index (κ1) is 18.6. The molecule has 1 fully saturated rings. The SMILES string of the molecule is C[C@@H]1CN(c2ccc(CC(=O)c3nccc(Cl)c3I)cc2)C[C@H](C)O1. The van der Waals surface area contributed by atoms with Gasteiger partial charge >= 0.3 is 0 Å². The van der Waals surface area contributed by atoms with Crippen molar-refractivity contribution in [2.75, 3.05) is 18.0 Å². The van der Waals surface area contributed by atoms with Crippen molar-refractivity contribution in [1.29, 1.82) is 0 Å². The molecule has 1 aromatic carbocycles. The Balaban J connectivity index is 1.70. The van der Waals surface area contributed by atoms with Crippen LogP contribution >= 0.6 is 34.2 Å². The van der Waals surface area contributed by atoms with Crippen LogP contribution in [0.25, 0.3) is 0 Å². The van der Waals surface area contributed by atoms with Gasteiger partial charge in [0, 0.05) is 31.4 Å². The van der Waals surface area contributed by atoms with E-state index in [2.05, 4.69) is 58.5 Å². The van der Waals surface area contributed by atoms with Crippen LogP contribution in [0.2, 0.25) is 5.02 Å². The third-order valence-corrected chi connectivity index (χ3v) is 5.92. The molecule has 0 N–H and O–H groups in total. The summed E-state index contributed by atoms with van der Waals surface area (Å²) in [4.78, 5) is 19.0. The number of hydrogen-bond acceptors (Lipinski definition) is 4. The fourth-order valence-corrected chi connectivity index (χ4v) is 3.86. The second-order valence-corrected chi connectivity index (χ2v) is 7.87. The van der Waals surface area contributed by atoms with E-state index < -0.39 is 0 Å². The molecule has 25 heavy (non-hydrogen) atoms. The van der Waals surface area contributed by atoms with Crippen LogP contribution in [0, 0.1) is 3.57 Å². The van der Waals surface area contributed by atoms with E-state index in [-0.39, 0.29) is 18.0 Å². The van der Waals surface area contributed by atoms with Crippen LogP contribution in [0.15, 0.2) is 36.5 Å². The second-order valence-electron chi connectivity index (χ2n) is 6.38. The third kappa shape index (κ3) is 4.51. The maximum atomic E-state index is 12.5. The molecular weight excluding hydrogens is 451 g/mol. The molecule has 6 heteroatoms. The number of carbonyl (C=O) groups excluding carboxylic acids is 1. The third-order valence-electron chi connectivity index (χ3n) is 4.19. The molecule has 0 aliphatic carbocycles. The summed E-state index contributed by atoms with van der Waals surface area (Å²) >= 11 is 8.14. The van der Waals surface area contributed by atoms with E-state index in [0.717, 1.165) is 24.3 Å². The molecule has 1 aliphatic heterocycles. The summed E-state index contributed by atoms with van der Waals surface area (Å²) in [5.74, 6) is -0.0201. The van der Waals surface area contributed by atoms with Gasteiger partial charge in [0.05, 0.1) is 20.8 Å². The Hall–Kier alpha value is -1.18.